The molecule has 0 aromatic carbocycles. The Labute approximate surface area is 90.8 Å². The molecule has 1 aliphatic rings. The average molecular weight is 219 g/mol. The van der Waals surface area contributed by atoms with Gasteiger partial charge in [-0.15, -0.1) is 0 Å². The van der Waals surface area contributed by atoms with E-state index in [0.29, 0.717) is 0 Å². The number of H-pyrrole nitrogens is 1. The van der Waals surface area contributed by atoms with Crippen LogP contribution >= 0.6 is 0 Å². The first-order valence-corrected chi connectivity index (χ1v) is 4.76. The van der Waals surface area contributed by atoms with Crippen molar-refractivity contribution in [2.45, 2.75) is 18.9 Å². The van der Waals surface area contributed by atoms with E-state index >= 15 is 0 Å². The van der Waals surface area contributed by atoms with Crippen LogP contribution in [0.25, 0.3) is 0 Å². The highest BCUT2D eigenvalue weighted by Crippen LogP contribution is 2.18. The summed E-state index contributed by atoms with van der Waals surface area (Å²) in [5, 5.41) is 19.5. The summed E-state index contributed by atoms with van der Waals surface area (Å²) in [4.78, 5) is 22.6. The molecular weight excluding hydrogens is 210 g/mol. The van der Waals surface area contributed by atoms with E-state index in [9.17, 15) is 9.59 Å². The van der Waals surface area contributed by atoms with Crippen LogP contribution in [0.4, 0.5) is 5.82 Å². The third kappa shape index (κ3) is 2.17. The predicted molar refractivity (Wildman–Crippen MR) is 53.1 cm³/mol. The zero-order chi connectivity index (χ0) is 11.5. The number of anilines is 1. The lowest BCUT2D eigenvalue weighted by Crippen LogP contribution is -2.36. The van der Waals surface area contributed by atoms with Crippen LogP contribution < -0.4 is 10.6 Å². The third-order valence-corrected chi connectivity index (χ3v) is 2.12. The minimum atomic E-state index is -0.798. The molecule has 1 aromatic heterocycles. The number of aromatic nitrogens is 2. The molecule has 0 aliphatic heterocycles. The fourth-order valence-corrected chi connectivity index (χ4v) is 1.12. The summed E-state index contributed by atoms with van der Waals surface area (Å²) < 4.78 is 0. The van der Waals surface area contributed by atoms with E-state index in [1.165, 1.54) is 6.20 Å². The lowest BCUT2D eigenvalue weighted by Gasteiger charge is -2.03. The highest BCUT2D eigenvalue weighted by molar-refractivity contribution is 6.39. The lowest BCUT2D eigenvalue weighted by molar-refractivity contribution is -0.136. The number of nitriles is 1. The molecule has 0 spiro atoms. The van der Waals surface area contributed by atoms with E-state index in [4.69, 9.17) is 5.26 Å². The van der Waals surface area contributed by atoms with Crippen LogP contribution in [0, 0.1) is 11.3 Å². The summed E-state index contributed by atoms with van der Waals surface area (Å²) in [6.45, 7) is 0. The van der Waals surface area contributed by atoms with Crippen LogP contribution in [-0.2, 0) is 9.59 Å². The van der Waals surface area contributed by atoms with Gasteiger partial charge in [-0.2, -0.15) is 10.4 Å². The first-order valence-electron chi connectivity index (χ1n) is 4.76. The molecule has 1 aromatic rings. The van der Waals surface area contributed by atoms with Crippen molar-refractivity contribution in [2.75, 3.05) is 5.32 Å². The molecule has 0 bridgehead atoms. The molecule has 2 amide bonds. The Kier molecular flexibility index (Phi) is 2.55. The van der Waals surface area contributed by atoms with Crippen molar-refractivity contribution in [3.8, 4) is 6.07 Å². The van der Waals surface area contributed by atoms with Gasteiger partial charge in [0.25, 0.3) is 0 Å². The minimum absolute atomic E-state index is 0.121. The van der Waals surface area contributed by atoms with E-state index in [0.717, 1.165) is 12.8 Å². The quantitative estimate of drug-likeness (QED) is 0.582. The number of carbonyl (C=O) groups is 2. The second-order valence-corrected chi connectivity index (χ2v) is 3.47. The summed E-state index contributed by atoms with van der Waals surface area (Å²) in [5.74, 6) is -1.35. The zero-order valence-electron chi connectivity index (χ0n) is 8.28. The lowest BCUT2D eigenvalue weighted by atomic mass is 10.3. The van der Waals surface area contributed by atoms with Crippen molar-refractivity contribution in [3.05, 3.63) is 11.8 Å². The van der Waals surface area contributed by atoms with Crippen molar-refractivity contribution in [3.63, 3.8) is 0 Å². The molecule has 1 aliphatic carbocycles. The molecule has 2 rings (SSSR count). The summed E-state index contributed by atoms with van der Waals surface area (Å²) in [7, 11) is 0. The average Bonchev–Trinajstić information content (AvgIpc) is 2.96. The normalized spacial score (nSPS) is 13.9. The Balaban J connectivity index is 1.96. The van der Waals surface area contributed by atoms with Crippen LogP contribution in [-0.4, -0.2) is 28.1 Å². The van der Waals surface area contributed by atoms with Crippen LogP contribution in [0.15, 0.2) is 6.20 Å². The number of hydrogen-bond acceptors (Lipinski definition) is 4. The predicted octanol–water partition coefficient (Wildman–Crippen LogP) is -0.502. The molecule has 3 N–H and O–H groups in total. The van der Waals surface area contributed by atoms with E-state index in [1.54, 1.807) is 0 Å². The zero-order valence-corrected chi connectivity index (χ0v) is 8.28. The van der Waals surface area contributed by atoms with E-state index < -0.39 is 11.8 Å². The number of amides is 2. The maximum absolute atomic E-state index is 11.4. The van der Waals surface area contributed by atoms with Gasteiger partial charge in [0.05, 0.1) is 6.20 Å². The number of aromatic amines is 1. The summed E-state index contributed by atoms with van der Waals surface area (Å²) in [6, 6.07) is 1.95. The van der Waals surface area contributed by atoms with Gasteiger partial charge in [0.15, 0.2) is 0 Å². The Morgan fingerprint density at radius 2 is 2.25 bits per heavy atom. The summed E-state index contributed by atoms with van der Waals surface area (Å²) >= 11 is 0. The minimum Gasteiger partial charge on any atom is -0.345 e. The number of carbonyl (C=O) groups excluding carboxylic acids is 2. The highest BCUT2D eigenvalue weighted by atomic mass is 16.2. The molecule has 0 saturated heterocycles. The molecule has 7 heteroatoms. The van der Waals surface area contributed by atoms with Crippen molar-refractivity contribution in [1.29, 1.82) is 5.26 Å². The Morgan fingerprint density at radius 1 is 1.50 bits per heavy atom. The molecule has 0 unspecified atom stereocenters. The third-order valence-electron chi connectivity index (χ3n) is 2.12. The molecule has 16 heavy (non-hydrogen) atoms. The van der Waals surface area contributed by atoms with E-state index in [2.05, 4.69) is 20.8 Å². The van der Waals surface area contributed by atoms with Crippen LogP contribution in [0.2, 0.25) is 0 Å². The van der Waals surface area contributed by atoms with Gasteiger partial charge < -0.3 is 10.6 Å². The molecule has 1 heterocycles. The van der Waals surface area contributed by atoms with Gasteiger partial charge in [0.1, 0.15) is 17.5 Å². The smallest absolute Gasteiger partial charge is 0.314 e. The Morgan fingerprint density at radius 3 is 2.88 bits per heavy atom. The molecule has 1 fully saturated rings. The summed E-state index contributed by atoms with van der Waals surface area (Å²) in [5.41, 5.74) is 0.188. The number of nitrogens with zero attached hydrogens (tertiary/aromatic N) is 2. The standard InChI is InChI=1S/C9H9N5O2/c10-3-5-4-11-14-7(5)13-9(16)8(15)12-6-1-2-6/h4,6H,1-2H2,(H,12,15)(H2,11,13,14,16). The highest BCUT2D eigenvalue weighted by Gasteiger charge is 2.26. The van der Waals surface area contributed by atoms with Gasteiger partial charge in [0.2, 0.25) is 0 Å². The largest absolute Gasteiger partial charge is 0.345 e. The van der Waals surface area contributed by atoms with Crippen molar-refractivity contribution < 1.29 is 9.59 Å². The van der Waals surface area contributed by atoms with Gasteiger partial charge in [-0.25, -0.2) is 0 Å². The van der Waals surface area contributed by atoms with Gasteiger partial charge in [0, 0.05) is 6.04 Å². The molecule has 0 radical (unpaired) electrons. The Bertz CT molecular complexity index is 468. The number of nitrogens with one attached hydrogen (secondary N) is 3. The van der Waals surface area contributed by atoms with Crippen LogP contribution in [0.1, 0.15) is 18.4 Å². The van der Waals surface area contributed by atoms with E-state index in [1.807, 2.05) is 6.07 Å². The first-order chi connectivity index (χ1) is 7.70. The fourth-order valence-electron chi connectivity index (χ4n) is 1.12. The van der Waals surface area contributed by atoms with E-state index in [-0.39, 0.29) is 17.4 Å². The SMILES string of the molecule is N#Cc1cn[nH]c1NC(=O)C(=O)NC1CC1. The molecular formula is C9H9N5O2. The van der Waals surface area contributed by atoms with Gasteiger partial charge in [-0.1, -0.05) is 0 Å². The van der Waals surface area contributed by atoms with Crippen molar-refractivity contribution >= 4 is 17.6 Å². The second-order valence-electron chi connectivity index (χ2n) is 3.47. The van der Waals surface area contributed by atoms with Crippen LogP contribution in [0.3, 0.4) is 0 Å². The topological polar surface area (TPSA) is 111 Å². The molecule has 82 valence electrons. The van der Waals surface area contributed by atoms with Gasteiger partial charge >= 0.3 is 11.8 Å². The molecule has 0 atom stereocenters. The maximum atomic E-state index is 11.4. The van der Waals surface area contributed by atoms with Gasteiger partial charge in [-0.3, -0.25) is 14.7 Å². The number of rotatable bonds is 2. The Hall–Kier alpha value is -2.36. The first kappa shape index (κ1) is 10.2. The molecule has 1 saturated carbocycles. The van der Waals surface area contributed by atoms with Crippen molar-refractivity contribution in [1.82, 2.24) is 15.5 Å². The molecule has 7 nitrogen and oxygen atoms in total. The second kappa shape index (κ2) is 4.02. The van der Waals surface area contributed by atoms with Crippen molar-refractivity contribution in [2.24, 2.45) is 0 Å². The van der Waals surface area contributed by atoms with Crippen LogP contribution in [0.5, 0.6) is 0 Å². The number of hydrogen-bond donors (Lipinski definition) is 3. The summed E-state index contributed by atoms with van der Waals surface area (Å²) in [6.07, 6.45) is 3.09. The van der Waals surface area contributed by atoms with Gasteiger partial charge in [-0.05, 0) is 12.8 Å². The maximum Gasteiger partial charge on any atom is 0.314 e. The monoisotopic (exact) mass is 219 g/mol. The fraction of sp³-hybridized carbons (Fsp3) is 0.333.